The van der Waals surface area contributed by atoms with Crippen molar-refractivity contribution >= 4 is 11.3 Å². The molecule has 1 aromatic heterocycles. The average Bonchev–Trinajstić information content (AvgIpc) is 2.81. The zero-order chi connectivity index (χ0) is 9.10. The second-order valence-electron chi connectivity index (χ2n) is 3.43. The molecule has 13 heavy (non-hydrogen) atoms. The van der Waals surface area contributed by atoms with Crippen LogP contribution in [0.25, 0.3) is 0 Å². The molecule has 0 amide bonds. The first-order valence-electron chi connectivity index (χ1n) is 4.56. The van der Waals surface area contributed by atoms with Crippen molar-refractivity contribution in [2.75, 3.05) is 6.54 Å². The first-order chi connectivity index (χ1) is 6.40. The standard InChI is InChI=1S/C10H12N2S/c11-6-9(10-2-1-5-13-10)12-7-8-3-4-8/h1-2,5,8-9,12H,3-4,7H2. The molecule has 0 aliphatic heterocycles. The van der Waals surface area contributed by atoms with Gasteiger partial charge in [0, 0.05) is 4.88 Å². The number of thiophene rings is 1. The first kappa shape index (κ1) is 8.74. The van der Waals surface area contributed by atoms with Crippen LogP contribution in [0.1, 0.15) is 23.8 Å². The van der Waals surface area contributed by atoms with E-state index in [2.05, 4.69) is 11.4 Å². The molecule has 2 rings (SSSR count). The summed E-state index contributed by atoms with van der Waals surface area (Å²) in [5.41, 5.74) is 0. The van der Waals surface area contributed by atoms with E-state index in [1.54, 1.807) is 11.3 Å². The van der Waals surface area contributed by atoms with E-state index < -0.39 is 0 Å². The average molecular weight is 192 g/mol. The molecular formula is C10H12N2S. The molecule has 1 unspecified atom stereocenters. The van der Waals surface area contributed by atoms with Crippen LogP contribution in [0.15, 0.2) is 17.5 Å². The Hall–Kier alpha value is -0.850. The Balaban J connectivity index is 1.89. The molecule has 1 saturated carbocycles. The summed E-state index contributed by atoms with van der Waals surface area (Å²) in [6, 6.07) is 6.19. The first-order valence-corrected chi connectivity index (χ1v) is 5.44. The summed E-state index contributed by atoms with van der Waals surface area (Å²) in [7, 11) is 0. The minimum atomic E-state index is -0.0967. The Morgan fingerprint density at radius 3 is 3.08 bits per heavy atom. The van der Waals surface area contributed by atoms with Gasteiger partial charge in [-0.2, -0.15) is 5.26 Å². The van der Waals surface area contributed by atoms with Crippen LogP contribution in [0.2, 0.25) is 0 Å². The maximum absolute atomic E-state index is 8.93. The summed E-state index contributed by atoms with van der Waals surface area (Å²) in [6.07, 6.45) is 2.66. The molecule has 3 heteroatoms. The molecule has 1 N–H and O–H groups in total. The Kier molecular flexibility index (Phi) is 2.62. The molecule has 0 aromatic carbocycles. The molecule has 0 bridgehead atoms. The molecule has 1 aliphatic carbocycles. The number of hydrogen-bond acceptors (Lipinski definition) is 3. The van der Waals surface area contributed by atoms with E-state index in [1.807, 2.05) is 17.5 Å². The van der Waals surface area contributed by atoms with Gasteiger partial charge >= 0.3 is 0 Å². The van der Waals surface area contributed by atoms with Crippen LogP contribution in [0, 0.1) is 17.2 Å². The lowest BCUT2D eigenvalue weighted by Crippen LogP contribution is -2.21. The third-order valence-corrected chi connectivity index (χ3v) is 3.20. The monoisotopic (exact) mass is 192 g/mol. The summed E-state index contributed by atoms with van der Waals surface area (Å²) in [5.74, 6) is 0.829. The second kappa shape index (κ2) is 3.91. The van der Waals surface area contributed by atoms with E-state index in [-0.39, 0.29) is 6.04 Å². The van der Waals surface area contributed by atoms with Gasteiger partial charge in [0.25, 0.3) is 0 Å². The van der Waals surface area contributed by atoms with E-state index in [1.165, 1.54) is 12.8 Å². The number of rotatable bonds is 4. The zero-order valence-electron chi connectivity index (χ0n) is 7.36. The van der Waals surface area contributed by atoms with Crippen LogP contribution in [0.5, 0.6) is 0 Å². The normalized spacial score (nSPS) is 18.1. The highest BCUT2D eigenvalue weighted by atomic mass is 32.1. The van der Waals surface area contributed by atoms with E-state index in [0.717, 1.165) is 17.3 Å². The lowest BCUT2D eigenvalue weighted by Gasteiger charge is -2.08. The SMILES string of the molecule is N#CC(NCC1CC1)c1cccs1. The Bertz CT molecular complexity index is 295. The van der Waals surface area contributed by atoms with Gasteiger partial charge in [0.1, 0.15) is 6.04 Å². The minimum Gasteiger partial charge on any atom is -0.297 e. The van der Waals surface area contributed by atoms with Gasteiger partial charge < -0.3 is 0 Å². The lowest BCUT2D eigenvalue weighted by atomic mass is 10.2. The number of nitrogens with zero attached hydrogens (tertiary/aromatic N) is 1. The van der Waals surface area contributed by atoms with Gasteiger partial charge in [-0.3, -0.25) is 5.32 Å². The van der Waals surface area contributed by atoms with Gasteiger partial charge in [-0.15, -0.1) is 11.3 Å². The molecule has 1 atom stereocenters. The molecule has 68 valence electrons. The van der Waals surface area contributed by atoms with Crippen LogP contribution < -0.4 is 5.32 Å². The van der Waals surface area contributed by atoms with Crippen LogP contribution in [0.4, 0.5) is 0 Å². The number of nitrogens with one attached hydrogen (secondary N) is 1. The summed E-state index contributed by atoms with van der Waals surface area (Å²) in [4.78, 5) is 1.13. The zero-order valence-corrected chi connectivity index (χ0v) is 8.18. The van der Waals surface area contributed by atoms with E-state index in [4.69, 9.17) is 5.26 Å². The minimum absolute atomic E-state index is 0.0967. The Labute approximate surface area is 82.2 Å². The van der Waals surface area contributed by atoms with Crippen molar-refractivity contribution in [3.05, 3.63) is 22.4 Å². The fraction of sp³-hybridized carbons (Fsp3) is 0.500. The quantitative estimate of drug-likeness (QED) is 0.794. The van der Waals surface area contributed by atoms with Crippen LogP contribution in [0.3, 0.4) is 0 Å². The predicted molar refractivity (Wildman–Crippen MR) is 53.4 cm³/mol. The van der Waals surface area contributed by atoms with Crippen molar-refractivity contribution < 1.29 is 0 Å². The smallest absolute Gasteiger partial charge is 0.130 e. The third kappa shape index (κ3) is 2.30. The van der Waals surface area contributed by atoms with Crippen molar-refractivity contribution in [2.24, 2.45) is 5.92 Å². The molecule has 0 spiro atoms. The molecule has 1 aromatic rings. The molecule has 1 heterocycles. The van der Waals surface area contributed by atoms with Crippen molar-refractivity contribution in [1.29, 1.82) is 5.26 Å². The lowest BCUT2D eigenvalue weighted by molar-refractivity contribution is 0.599. The molecule has 2 nitrogen and oxygen atoms in total. The summed E-state index contributed by atoms with van der Waals surface area (Å²) in [5, 5.41) is 14.2. The fourth-order valence-corrected chi connectivity index (χ4v) is 2.02. The fourth-order valence-electron chi connectivity index (χ4n) is 1.27. The second-order valence-corrected chi connectivity index (χ2v) is 4.41. The van der Waals surface area contributed by atoms with Crippen LogP contribution >= 0.6 is 11.3 Å². The molecule has 0 radical (unpaired) electrons. The third-order valence-electron chi connectivity index (χ3n) is 2.26. The number of hydrogen-bond donors (Lipinski definition) is 1. The van der Waals surface area contributed by atoms with E-state index in [0.29, 0.717) is 0 Å². The van der Waals surface area contributed by atoms with E-state index in [9.17, 15) is 0 Å². The highest BCUT2D eigenvalue weighted by molar-refractivity contribution is 7.10. The van der Waals surface area contributed by atoms with Gasteiger partial charge in [-0.1, -0.05) is 6.07 Å². The topological polar surface area (TPSA) is 35.8 Å². The maximum Gasteiger partial charge on any atom is 0.130 e. The molecular weight excluding hydrogens is 180 g/mol. The molecule has 1 fully saturated rings. The van der Waals surface area contributed by atoms with E-state index >= 15 is 0 Å². The summed E-state index contributed by atoms with van der Waals surface area (Å²) in [6.45, 7) is 0.996. The van der Waals surface area contributed by atoms with Crippen molar-refractivity contribution in [3.63, 3.8) is 0 Å². The van der Waals surface area contributed by atoms with Gasteiger partial charge in [0.05, 0.1) is 6.07 Å². The summed E-state index contributed by atoms with van der Waals surface area (Å²) >= 11 is 1.64. The highest BCUT2D eigenvalue weighted by Gasteiger charge is 2.22. The Morgan fingerprint density at radius 2 is 2.54 bits per heavy atom. The van der Waals surface area contributed by atoms with Gasteiger partial charge in [-0.25, -0.2) is 0 Å². The van der Waals surface area contributed by atoms with Crippen molar-refractivity contribution in [3.8, 4) is 6.07 Å². The molecule has 0 saturated heterocycles. The van der Waals surface area contributed by atoms with Gasteiger partial charge in [0.15, 0.2) is 0 Å². The van der Waals surface area contributed by atoms with Gasteiger partial charge in [-0.05, 0) is 36.8 Å². The molecule has 1 aliphatic rings. The summed E-state index contributed by atoms with van der Waals surface area (Å²) < 4.78 is 0. The Morgan fingerprint density at radius 1 is 1.69 bits per heavy atom. The van der Waals surface area contributed by atoms with Crippen LogP contribution in [-0.2, 0) is 0 Å². The predicted octanol–water partition coefficient (Wildman–Crippen LogP) is 2.31. The van der Waals surface area contributed by atoms with Crippen molar-refractivity contribution in [2.45, 2.75) is 18.9 Å². The highest BCUT2D eigenvalue weighted by Crippen LogP contribution is 2.29. The largest absolute Gasteiger partial charge is 0.297 e. The number of nitriles is 1. The maximum atomic E-state index is 8.93. The van der Waals surface area contributed by atoms with Crippen molar-refractivity contribution in [1.82, 2.24) is 5.32 Å². The van der Waals surface area contributed by atoms with Crippen LogP contribution in [-0.4, -0.2) is 6.54 Å². The van der Waals surface area contributed by atoms with Gasteiger partial charge in [0.2, 0.25) is 0 Å².